The van der Waals surface area contributed by atoms with Gasteiger partial charge >= 0.3 is 5.97 Å². The zero-order valence-corrected chi connectivity index (χ0v) is 20.5. The van der Waals surface area contributed by atoms with Gasteiger partial charge in [0.1, 0.15) is 12.4 Å². The van der Waals surface area contributed by atoms with E-state index in [2.05, 4.69) is 0 Å². The highest BCUT2D eigenvalue weighted by molar-refractivity contribution is 5.87. The molecule has 1 atom stereocenters. The van der Waals surface area contributed by atoms with E-state index in [1.807, 2.05) is 39.8 Å². The van der Waals surface area contributed by atoms with Crippen LogP contribution in [0.15, 0.2) is 48.5 Å². The molecule has 0 spiro atoms. The number of halogens is 1. The minimum atomic E-state index is -0.314. The van der Waals surface area contributed by atoms with Crippen LogP contribution in [0.3, 0.4) is 0 Å². The van der Waals surface area contributed by atoms with Crippen molar-refractivity contribution in [3.05, 3.63) is 71.2 Å². The molecule has 3 aromatic rings. The molecule has 0 fully saturated rings. The minimum absolute atomic E-state index is 0.00849. The van der Waals surface area contributed by atoms with E-state index in [0.717, 1.165) is 34.1 Å². The number of methoxy groups -OCH3 is 1. The second-order valence-electron chi connectivity index (χ2n) is 8.94. The first-order chi connectivity index (χ1) is 17.0. The molecule has 0 unspecified atom stereocenters. The van der Waals surface area contributed by atoms with Gasteiger partial charge in [0, 0.05) is 42.7 Å². The Hall–Kier alpha value is -3.19. The zero-order valence-electron chi connectivity index (χ0n) is 20.5. The van der Waals surface area contributed by atoms with Crippen LogP contribution in [-0.4, -0.2) is 54.3 Å². The number of amides is 1. The molecular formula is C28H33FN2O4. The molecule has 1 amide bonds. The van der Waals surface area contributed by atoms with E-state index >= 15 is 0 Å². The van der Waals surface area contributed by atoms with Crippen LogP contribution >= 0.6 is 0 Å². The standard InChI is InChI=1S/C28H33FN2O4/c1-3-35-28(33)19-31-25-12-10-21(29)17-23(25)24-18-22(11-13-26(24)31)30(15-16-34-2)27(32)14-9-20-7-5-4-6-8-20/h4-8,10,12,17,22H,3,9,11,13-16,18-19H2,1-2H3/t22-/m0/s1. The van der Waals surface area contributed by atoms with E-state index in [4.69, 9.17) is 9.47 Å². The fourth-order valence-corrected chi connectivity index (χ4v) is 5.13. The van der Waals surface area contributed by atoms with Crippen LogP contribution in [0.1, 0.15) is 36.6 Å². The number of esters is 1. The summed E-state index contributed by atoms with van der Waals surface area (Å²) in [5, 5.41) is 0.803. The van der Waals surface area contributed by atoms with Crippen LogP contribution in [0.4, 0.5) is 4.39 Å². The summed E-state index contributed by atoms with van der Waals surface area (Å²) in [6.45, 7) is 3.17. The lowest BCUT2D eigenvalue weighted by Gasteiger charge is -2.35. The molecule has 2 aromatic carbocycles. The molecule has 4 rings (SSSR count). The average Bonchev–Trinajstić information content (AvgIpc) is 3.15. The molecular weight excluding hydrogens is 447 g/mol. The van der Waals surface area contributed by atoms with Gasteiger partial charge < -0.3 is 18.9 Å². The fourth-order valence-electron chi connectivity index (χ4n) is 5.13. The van der Waals surface area contributed by atoms with Gasteiger partial charge in [-0.25, -0.2) is 4.39 Å². The van der Waals surface area contributed by atoms with E-state index in [0.29, 0.717) is 45.4 Å². The number of carbonyl (C=O) groups excluding carboxylic acids is 2. The number of benzene rings is 2. The molecule has 0 aliphatic heterocycles. The third-order valence-corrected chi connectivity index (χ3v) is 6.76. The maximum Gasteiger partial charge on any atom is 0.325 e. The van der Waals surface area contributed by atoms with Gasteiger partial charge in [-0.05, 0) is 61.9 Å². The SMILES string of the molecule is CCOC(=O)Cn1c2c(c3cc(F)ccc31)C[C@@H](N(CCOC)C(=O)CCc1ccccc1)CC2. The van der Waals surface area contributed by atoms with Gasteiger partial charge in [-0.2, -0.15) is 0 Å². The lowest BCUT2D eigenvalue weighted by molar-refractivity contribution is -0.143. The molecule has 6 nitrogen and oxygen atoms in total. The van der Waals surface area contributed by atoms with Crippen molar-refractivity contribution in [2.45, 2.75) is 51.6 Å². The van der Waals surface area contributed by atoms with E-state index < -0.39 is 0 Å². The number of hydrogen-bond acceptors (Lipinski definition) is 4. The molecule has 1 aromatic heterocycles. The predicted octanol–water partition coefficient (Wildman–Crippen LogP) is 4.31. The number of aromatic nitrogens is 1. The van der Waals surface area contributed by atoms with Crippen LogP contribution in [0.25, 0.3) is 10.9 Å². The maximum absolute atomic E-state index is 14.2. The first-order valence-electron chi connectivity index (χ1n) is 12.3. The third-order valence-electron chi connectivity index (χ3n) is 6.76. The van der Waals surface area contributed by atoms with E-state index in [1.165, 1.54) is 12.1 Å². The summed E-state index contributed by atoms with van der Waals surface area (Å²) < 4.78 is 26.7. The summed E-state index contributed by atoms with van der Waals surface area (Å²) in [5.41, 5.74) is 4.00. The largest absolute Gasteiger partial charge is 0.465 e. The van der Waals surface area contributed by atoms with Gasteiger partial charge in [0.15, 0.2) is 0 Å². The van der Waals surface area contributed by atoms with Crippen molar-refractivity contribution in [3.8, 4) is 0 Å². The van der Waals surface area contributed by atoms with E-state index in [1.54, 1.807) is 20.1 Å². The summed E-state index contributed by atoms with van der Waals surface area (Å²) in [4.78, 5) is 27.5. The number of carbonyl (C=O) groups is 2. The van der Waals surface area contributed by atoms with Gasteiger partial charge in [0.25, 0.3) is 0 Å². The highest BCUT2D eigenvalue weighted by Gasteiger charge is 2.31. The Kier molecular flexibility index (Phi) is 8.18. The van der Waals surface area contributed by atoms with Crippen molar-refractivity contribution in [1.82, 2.24) is 9.47 Å². The maximum atomic E-state index is 14.2. The van der Waals surface area contributed by atoms with Crippen molar-refractivity contribution in [3.63, 3.8) is 0 Å². The van der Waals surface area contributed by atoms with E-state index in [9.17, 15) is 14.0 Å². The molecule has 0 saturated heterocycles. The van der Waals surface area contributed by atoms with Crippen molar-refractivity contribution in [2.24, 2.45) is 0 Å². The van der Waals surface area contributed by atoms with Gasteiger partial charge in [0.05, 0.1) is 13.2 Å². The smallest absolute Gasteiger partial charge is 0.325 e. The minimum Gasteiger partial charge on any atom is -0.465 e. The lowest BCUT2D eigenvalue weighted by atomic mass is 9.90. The van der Waals surface area contributed by atoms with Crippen LogP contribution in [0, 0.1) is 5.82 Å². The van der Waals surface area contributed by atoms with Crippen LogP contribution in [0.5, 0.6) is 0 Å². The summed E-state index contributed by atoms with van der Waals surface area (Å²) in [6, 6.07) is 14.7. The molecule has 35 heavy (non-hydrogen) atoms. The first kappa shape index (κ1) is 24.9. The Morgan fingerprint density at radius 2 is 1.97 bits per heavy atom. The Bertz CT molecular complexity index is 1170. The molecule has 0 saturated carbocycles. The Morgan fingerprint density at radius 3 is 2.71 bits per heavy atom. The number of hydrogen-bond donors (Lipinski definition) is 0. The molecule has 1 aliphatic rings. The normalized spacial score (nSPS) is 15.1. The summed E-state index contributed by atoms with van der Waals surface area (Å²) in [5.74, 6) is -0.525. The van der Waals surface area contributed by atoms with Gasteiger partial charge in [-0.15, -0.1) is 0 Å². The quantitative estimate of drug-likeness (QED) is 0.406. The highest BCUT2D eigenvalue weighted by Crippen LogP contribution is 2.34. The van der Waals surface area contributed by atoms with Crippen LogP contribution < -0.4 is 0 Å². The molecule has 1 aliphatic carbocycles. The molecule has 0 N–H and O–H groups in total. The van der Waals surface area contributed by atoms with Gasteiger partial charge in [-0.1, -0.05) is 30.3 Å². The number of aryl methyl sites for hydroxylation is 1. The molecule has 1 heterocycles. The number of rotatable bonds is 10. The topological polar surface area (TPSA) is 60.8 Å². The first-order valence-corrected chi connectivity index (χ1v) is 12.3. The number of fused-ring (bicyclic) bond motifs is 3. The van der Waals surface area contributed by atoms with Crippen LogP contribution in [0.2, 0.25) is 0 Å². The van der Waals surface area contributed by atoms with Gasteiger partial charge in [-0.3, -0.25) is 9.59 Å². The van der Waals surface area contributed by atoms with Crippen molar-refractivity contribution >= 4 is 22.8 Å². The summed E-state index contributed by atoms with van der Waals surface area (Å²) in [6.07, 6.45) is 3.20. The second-order valence-corrected chi connectivity index (χ2v) is 8.94. The molecule has 186 valence electrons. The predicted molar refractivity (Wildman–Crippen MR) is 133 cm³/mol. The summed E-state index contributed by atoms with van der Waals surface area (Å²) in [7, 11) is 1.64. The Labute approximate surface area is 205 Å². The lowest BCUT2D eigenvalue weighted by Crippen LogP contribution is -2.45. The van der Waals surface area contributed by atoms with Crippen molar-refractivity contribution < 1.29 is 23.5 Å². The Balaban J connectivity index is 1.59. The number of ether oxygens (including phenoxy) is 2. The molecule has 0 bridgehead atoms. The average molecular weight is 481 g/mol. The summed E-state index contributed by atoms with van der Waals surface area (Å²) >= 11 is 0. The zero-order chi connectivity index (χ0) is 24.8. The fraction of sp³-hybridized carbons (Fsp3) is 0.429. The van der Waals surface area contributed by atoms with Crippen molar-refractivity contribution in [2.75, 3.05) is 26.9 Å². The monoisotopic (exact) mass is 480 g/mol. The highest BCUT2D eigenvalue weighted by atomic mass is 19.1. The third kappa shape index (κ3) is 5.73. The van der Waals surface area contributed by atoms with E-state index in [-0.39, 0.29) is 30.3 Å². The van der Waals surface area contributed by atoms with Gasteiger partial charge in [0.2, 0.25) is 5.91 Å². The Morgan fingerprint density at radius 1 is 1.17 bits per heavy atom. The number of nitrogens with zero attached hydrogens (tertiary/aromatic N) is 2. The second kappa shape index (κ2) is 11.5. The molecule has 0 radical (unpaired) electrons. The van der Waals surface area contributed by atoms with Crippen molar-refractivity contribution in [1.29, 1.82) is 0 Å². The molecule has 7 heteroatoms. The van der Waals surface area contributed by atoms with Crippen LogP contribution in [-0.2, 0) is 44.9 Å².